The van der Waals surface area contributed by atoms with E-state index in [9.17, 15) is 14.4 Å². The van der Waals surface area contributed by atoms with Gasteiger partial charge in [-0.2, -0.15) is 0 Å². The van der Waals surface area contributed by atoms with Crippen LogP contribution in [0.2, 0.25) is 0 Å². The van der Waals surface area contributed by atoms with Crippen molar-refractivity contribution in [3.63, 3.8) is 0 Å². The van der Waals surface area contributed by atoms with Crippen LogP contribution in [0.5, 0.6) is 11.5 Å². The number of anilines is 2. The Labute approximate surface area is 168 Å². The number of hydrogen-bond donors (Lipinski definition) is 1. The zero-order chi connectivity index (χ0) is 20.4. The smallest absolute Gasteiger partial charge is 0.243 e. The maximum Gasteiger partial charge on any atom is 0.243 e. The molecule has 0 aliphatic carbocycles. The number of carbonyl (C=O) groups is 3. The van der Waals surface area contributed by atoms with E-state index in [0.29, 0.717) is 22.9 Å². The van der Waals surface area contributed by atoms with Crippen molar-refractivity contribution in [3.05, 3.63) is 48.5 Å². The molecule has 8 heteroatoms. The summed E-state index contributed by atoms with van der Waals surface area (Å²) in [4.78, 5) is 40.4. The number of hydrogen-bond acceptors (Lipinski definition) is 5. The van der Waals surface area contributed by atoms with Crippen LogP contribution in [-0.4, -0.2) is 49.6 Å². The number of nitrogens with zero attached hydrogens (tertiary/aromatic N) is 2. The van der Waals surface area contributed by atoms with Gasteiger partial charge in [-0.05, 0) is 24.3 Å². The fourth-order valence-corrected chi connectivity index (χ4v) is 3.50. The van der Waals surface area contributed by atoms with E-state index in [1.165, 1.54) is 4.90 Å². The lowest BCUT2D eigenvalue weighted by Gasteiger charge is -2.21. The van der Waals surface area contributed by atoms with Crippen molar-refractivity contribution in [1.29, 1.82) is 0 Å². The molecule has 2 aromatic rings. The molecule has 3 amide bonds. The average Bonchev–Trinajstić information content (AvgIpc) is 3.33. The van der Waals surface area contributed by atoms with Gasteiger partial charge in [0.1, 0.15) is 0 Å². The zero-order valence-corrected chi connectivity index (χ0v) is 16.0. The molecule has 2 aliphatic rings. The highest BCUT2D eigenvalue weighted by Crippen LogP contribution is 2.37. The van der Waals surface area contributed by atoms with E-state index in [2.05, 4.69) is 5.32 Å². The number of fused-ring (bicyclic) bond motifs is 1. The molecule has 1 unspecified atom stereocenters. The Morgan fingerprint density at radius 1 is 1.14 bits per heavy atom. The van der Waals surface area contributed by atoms with E-state index in [1.54, 1.807) is 42.3 Å². The van der Waals surface area contributed by atoms with E-state index in [1.807, 2.05) is 18.2 Å². The second-order valence-electron chi connectivity index (χ2n) is 7.05. The first kappa shape index (κ1) is 18.8. The molecule has 1 saturated heterocycles. The molecule has 8 nitrogen and oxygen atoms in total. The van der Waals surface area contributed by atoms with Gasteiger partial charge in [0.15, 0.2) is 11.5 Å². The Morgan fingerprint density at radius 2 is 1.90 bits per heavy atom. The fourth-order valence-electron chi connectivity index (χ4n) is 3.50. The van der Waals surface area contributed by atoms with Crippen molar-refractivity contribution in [3.8, 4) is 11.5 Å². The third-order valence-electron chi connectivity index (χ3n) is 4.96. The molecular formula is C21H21N3O5. The Bertz CT molecular complexity index is 947. The molecule has 29 heavy (non-hydrogen) atoms. The minimum Gasteiger partial charge on any atom is -0.454 e. The summed E-state index contributed by atoms with van der Waals surface area (Å²) in [6, 6.07) is 14.3. The lowest BCUT2D eigenvalue weighted by atomic mass is 10.1. The van der Waals surface area contributed by atoms with Crippen molar-refractivity contribution in [2.24, 2.45) is 5.92 Å². The van der Waals surface area contributed by atoms with E-state index in [-0.39, 0.29) is 44.0 Å². The van der Waals surface area contributed by atoms with Gasteiger partial charge in [0.2, 0.25) is 24.5 Å². The van der Waals surface area contributed by atoms with Crippen LogP contribution >= 0.6 is 0 Å². The largest absolute Gasteiger partial charge is 0.454 e. The minimum absolute atomic E-state index is 0.0809. The Kier molecular flexibility index (Phi) is 5.07. The third-order valence-corrected chi connectivity index (χ3v) is 4.96. The Balaban J connectivity index is 1.36. The molecule has 0 radical (unpaired) electrons. The van der Waals surface area contributed by atoms with Crippen molar-refractivity contribution in [1.82, 2.24) is 4.90 Å². The van der Waals surface area contributed by atoms with Crippen LogP contribution in [-0.2, 0) is 14.4 Å². The highest BCUT2D eigenvalue weighted by Gasteiger charge is 2.37. The molecule has 1 atom stereocenters. The summed E-state index contributed by atoms with van der Waals surface area (Å²) in [6.07, 6.45) is 0.109. The molecule has 2 heterocycles. The number of likely N-dealkylation sites (N-methyl/N-ethyl adjacent to an activating group) is 1. The molecule has 150 valence electrons. The minimum atomic E-state index is -0.498. The molecule has 1 N–H and O–H groups in total. The van der Waals surface area contributed by atoms with Gasteiger partial charge in [0.25, 0.3) is 0 Å². The summed E-state index contributed by atoms with van der Waals surface area (Å²) >= 11 is 0. The van der Waals surface area contributed by atoms with Gasteiger partial charge >= 0.3 is 0 Å². The average molecular weight is 395 g/mol. The molecule has 1 fully saturated rings. The van der Waals surface area contributed by atoms with Crippen molar-refractivity contribution in [2.45, 2.75) is 6.42 Å². The zero-order valence-electron chi connectivity index (χ0n) is 16.0. The van der Waals surface area contributed by atoms with Crippen LogP contribution in [0.15, 0.2) is 48.5 Å². The second kappa shape index (κ2) is 7.83. The van der Waals surface area contributed by atoms with Crippen LogP contribution in [0.25, 0.3) is 0 Å². The van der Waals surface area contributed by atoms with Gasteiger partial charge in [-0.3, -0.25) is 14.4 Å². The highest BCUT2D eigenvalue weighted by molar-refractivity contribution is 6.01. The maximum atomic E-state index is 12.8. The van der Waals surface area contributed by atoms with Crippen LogP contribution in [0, 0.1) is 5.92 Å². The second-order valence-corrected chi connectivity index (χ2v) is 7.05. The number of benzene rings is 2. The monoisotopic (exact) mass is 395 g/mol. The topological polar surface area (TPSA) is 88.2 Å². The van der Waals surface area contributed by atoms with Gasteiger partial charge in [-0.15, -0.1) is 0 Å². The molecule has 0 saturated carbocycles. The number of nitrogens with one attached hydrogen (secondary N) is 1. The quantitative estimate of drug-likeness (QED) is 0.835. The van der Waals surface area contributed by atoms with Crippen LogP contribution in [0.1, 0.15) is 6.42 Å². The molecular weight excluding hydrogens is 374 g/mol. The summed E-state index contributed by atoms with van der Waals surface area (Å²) in [6.45, 7) is 0.341. The Hall–Kier alpha value is -3.55. The predicted molar refractivity (Wildman–Crippen MR) is 106 cm³/mol. The van der Waals surface area contributed by atoms with E-state index < -0.39 is 5.92 Å². The van der Waals surface area contributed by atoms with E-state index in [4.69, 9.17) is 9.47 Å². The molecule has 0 bridgehead atoms. The lowest BCUT2D eigenvalue weighted by molar-refractivity contribution is -0.137. The fraction of sp³-hybridized carbons (Fsp3) is 0.286. The van der Waals surface area contributed by atoms with Crippen LogP contribution < -0.4 is 19.7 Å². The number of carbonyl (C=O) groups excluding carboxylic acids is 3. The molecule has 4 rings (SSSR count). The summed E-state index contributed by atoms with van der Waals surface area (Å²) in [5.74, 6) is 0.0672. The number of amides is 3. The summed E-state index contributed by atoms with van der Waals surface area (Å²) in [5.41, 5.74) is 1.34. The summed E-state index contributed by atoms with van der Waals surface area (Å²) in [7, 11) is 1.57. The standard InChI is InChI=1S/C21H21N3O5/c1-23(12-19(25)22-15-5-3-2-4-6-15)21(27)14-9-20(26)24(11-14)16-7-8-17-18(10-16)29-13-28-17/h2-8,10,14H,9,11-13H2,1H3,(H,22,25). The van der Waals surface area contributed by atoms with Gasteiger partial charge < -0.3 is 24.6 Å². The molecule has 0 spiro atoms. The van der Waals surface area contributed by atoms with Crippen molar-refractivity contribution < 1.29 is 23.9 Å². The number of para-hydroxylation sites is 1. The van der Waals surface area contributed by atoms with Crippen molar-refractivity contribution in [2.75, 3.05) is 37.1 Å². The van der Waals surface area contributed by atoms with Crippen LogP contribution in [0.4, 0.5) is 11.4 Å². The molecule has 2 aromatic carbocycles. The van der Waals surface area contributed by atoms with Crippen LogP contribution in [0.3, 0.4) is 0 Å². The van der Waals surface area contributed by atoms with Gasteiger partial charge in [-0.25, -0.2) is 0 Å². The SMILES string of the molecule is CN(CC(=O)Nc1ccccc1)C(=O)C1CC(=O)N(c2ccc3c(c2)OCO3)C1. The third kappa shape index (κ3) is 4.01. The first-order chi connectivity index (χ1) is 14.0. The first-order valence-electron chi connectivity index (χ1n) is 9.31. The normalized spacial score (nSPS) is 17.3. The predicted octanol–water partition coefficient (Wildman–Crippen LogP) is 1.87. The van der Waals surface area contributed by atoms with E-state index >= 15 is 0 Å². The number of ether oxygens (including phenoxy) is 2. The Morgan fingerprint density at radius 3 is 2.69 bits per heavy atom. The summed E-state index contributed by atoms with van der Waals surface area (Å²) < 4.78 is 10.6. The molecule has 0 aromatic heterocycles. The van der Waals surface area contributed by atoms with E-state index in [0.717, 1.165) is 0 Å². The summed E-state index contributed by atoms with van der Waals surface area (Å²) in [5, 5.41) is 2.75. The maximum absolute atomic E-state index is 12.8. The number of rotatable bonds is 5. The highest BCUT2D eigenvalue weighted by atomic mass is 16.7. The lowest BCUT2D eigenvalue weighted by Crippen LogP contribution is -2.39. The van der Waals surface area contributed by atoms with Gasteiger partial charge in [-0.1, -0.05) is 18.2 Å². The van der Waals surface area contributed by atoms with Crippen molar-refractivity contribution >= 4 is 29.1 Å². The van der Waals surface area contributed by atoms with Gasteiger partial charge in [0, 0.05) is 37.5 Å². The molecule has 2 aliphatic heterocycles. The van der Waals surface area contributed by atoms with Gasteiger partial charge in [0.05, 0.1) is 12.5 Å². The first-order valence-corrected chi connectivity index (χ1v) is 9.31.